The molecule has 0 radical (unpaired) electrons. The van der Waals surface area contributed by atoms with Crippen LogP contribution in [0.15, 0.2) is 53.4 Å². The van der Waals surface area contributed by atoms with Crippen LogP contribution in [0.1, 0.15) is 16.7 Å². The minimum absolute atomic E-state index is 0.125. The third-order valence-corrected chi connectivity index (χ3v) is 3.29. The average molecular weight is 323 g/mol. The highest BCUT2D eigenvalue weighted by molar-refractivity contribution is 7.80. The molecule has 0 saturated carbocycles. The molecular formula is C16H15ClO3S. The molecule has 5 heteroatoms. The van der Waals surface area contributed by atoms with E-state index in [4.69, 9.17) is 21.1 Å². The molecule has 0 saturated heterocycles. The summed E-state index contributed by atoms with van der Waals surface area (Å²) in [5.41, 5.74) is 2.07. The molecule has 3 nitrogen and oxygen atoms in total. The van der Waals surface area contributed by atoms with Crippen molar-refractivity contribution >= 4 is 29.7 Å². The van der Waals surface area contributed by atoms with Crippen LogP contribution in [0, 0.1) is 0 Å². The Morgan fingerprint density at radius 3 is 2.48 bits per heavy atom. The maximum absolute atomic E-state index is 10.7. The van der Waals surface area contributed by atoms with Crippen LogP contribution in [0.5, 0.6) is 0 Å². The van der Waals surface area contributed by atoms with Crippen LogP contribution in [0.2, 0.25) is 0 Å². The zero-order chi connectivity index (χ0) is 15.1. The molecule has 0 aliphatic carbocycles. The lowest BCUT2D eigenvalue weighted by molar-refractivity contribution is 0.105. The Bertz CT molecular complexity index is 602. The minimum Gasteiger partial charge on any atom is -0.449 e. The largest absolute Gasteiger partial charge is 0.449 e. The molecule has 0 aromatic heterocycles. The van der Waals surface area contributed by atoms with Gasteiger partial charge in [0.15, 0.2) is 0 Å². The summed E-state index contributed by atoms with van der Waals surface area (Å²) in [6.07, 6.45) is 0. The van der Waals surface area contributed by atoms with Gasteiger partial charge in [0.1, 0.15) is 6.61 Å². The van der Waals surface area contributed by atoms with Gasteiger partial charge in [-0.3, -0.25) is 0 Å². The smallest absolute Gasteiger partial charge is 0.404 e. The van der Waals surface area contributed by atoms with Gasteiger partial charge in [-0.2, -0.15) is 0 Å². The van der Waals surface area contributed by atoms with Crippen LogP contribution in [-0.4, -0.2) is 5.43 Å². The third-order valence-electron chi connectivity index (χ3n) is 2.90. The topological polar surface area (TPSA) is 35.5 Å². The Balaban J connectivity index is 1.97. The highest BCUT2D eigenvalue weighted by atomic mass is 35.5. The summed E-state index contributed by atoms with van der Waals surface area (Å²) >= 11 is 9.50. The average Bonchev–Trinajstić information content (AvgIpc) is 2.47. The highest BCUT2D eigenvalue weighted by Gasteiger charge is 2.06. The minimum atomic E-state index is -0.818. The molecule has 2 rings (SSSR count). The summed E-state index contributed by atoms with van der Waals surface area (Å²) in [6.45, 7) is 1.06. The van der Waals surface area contributed by atoms with Crippen LogP contribution in [0.4, 0.5) is 4.79 Å². The molecule has 0 fully saturated rings. The van der Waals surface area contributed by atoms with E-state index in [0.717, 1.165) is 21.6 Å². The van der Waals surface area contributed by atoms with Crippen LogP contribution in [0.25, 0.3) is 0 Å². The van der Waals surface area contributed by atoms with Gasteiger partial charge in [-0.15, -0.1) is 12.6 Å². The van der Waals surface area contributed by atoms with Crippen molar-refractivity contribution in [2.75, 3.05) is 0 Å². The van der Waals surface area contributed by atoms with E-state index in [1.165, 1.54) is 0 Å². The Labute approximate surface area is 134 Å². The first-order valence-corrected chi connectivity index (χ1v) is 7.22. The molecule has 2 aromatic rings. The number of thiol groups is 1. The van der Waals surface area contributed by atoms with Crippen molar-refractivity contribution in [3.05, 3.63) is 65.2 Å². The van der Waals surface area contributed by atoms with Gasteiger partial charge in [0.05, 0.1) is 13.2 Å². The molecule has 0 aliphatic heterocycles. The van der Waals surface area contributed by atoms with Gasteiger partial charge in [0, 0.05) is 16.5 Å². The van der Waals surface area contributed by atoms with Crippen molar-refractivity contribution < 1.29 is 14.3 Å². The van der Waals surface area contributed by atoms with Gasteiger partial charge >= 0.3 is 5.43 Å². The van der Waals surface area contributed by atoms with Crippen molar-refractivity contribution in [2.24, 2.45) is 0 Å². The lowest BCUT2D eigenvalue weighted by Gasteiger charge is -2.11. The lowest BCUT2D eigenvalue weighted by Crippen LogP contribution is -2.02. The summed E-state index contributed by atoms with van der Waals surface area (Å²) in [7, 11) is 0. The number of hydrogen-bond donors (Lipinski definition) is 1. The number of halogens is 1. The summed E-state index contributed by atoms with van der Waals surface area (Å²) in [5.74, 6) is 0. The first kappa shape index (κ1) is 15.9. The Hall–Kier alpha value is -1.49. The maximum atomic E-state index is 10.7. The molecule has 21 heavy (non-hydrogen) atoms. The fourth-order valence-corrected chi connectivity index (χ4v) is 2.16. The zero-order valence-corrected chi connectivity index (χ0v) is 12.9. The summed E-state index contributed by atoms with van der Waals surface area (Å²) < 4.78 is 10.5. The zero-order valence-electron chi connectivity index (χ0n) is 11.3. The van der Waals surface area contributed by atoms with Gasteiger partial charge in [-0.1, -0.05) is 36.4 Å². The van der Waals surface area contributed by atoms with Crippen LogP contribution in [-0.2, 0) is 29.3 Å². The quantitative estimate of drug-likeness (QED) is 0.625. The summed E-state index contributed by atoms with van der Waals surface area (Å²) in [4.78, 5) is 11.5. The maximum Gasteiger partial charge on any atom is 0.404 e. The second kappa shape index (κ2) is 8.08. The number of rotatable bonds is 6. The Morgan fingerprint density at radius 2 is 1.76 bits per heavy atom. The first-order chi connectivity index (χ1) is 10.1. The molecular weight excluding hydrogens is 308 g/mol. The predicted molar refractivity (Wildman–Crippen MR) is 84.7 cm³/mol. The van der Waals surface area contributed by atoms with E-state index < -0.39 is 5.43 Å². The van der Waals surface area contributed by atoms with Gasteiger partial charge in [-0.05, 0) is 28.8 Å². The van der Waals surface area contributed by atoms with Crippen LogP contribution < -0.4 is 0 Å². The fourth-order valence-electron chi connectivity index (χ4n) is 1.88. The number of benzene rings is 2. The van der Waals surface area contributed by atoms with E-state index >= 15 is 0 Å². The number of carbonyl (C=O) groups is 1. The second-order valence-electron chi connectivity index (χ2n) is 4.46. The number of hydrogen-bond acceptors (Lipinski definition) is 4. The Morgan fingerprint density at radius 1 is 1.00 bits per heavy atom. The summed E-state index contributed by atoms with van der Waals surface area (Å²) in [5, 5.41) is 0. The molecule has 0 unspecified atom stereocenters. The van der Waals surface area contributed by atoms with Crippen molar-refractivity contribution in [1.29, 1.82) is 0 Å². The molecule has 0 heterocycles. The van der Waals surface area contributed by atoms with E-state index in [-0.39, 0.29) is 6.61 Å². The van der Waals surface area contributed by atoms with Gasteiger partial charge in [-0.25, -0.2) is 4.79 Å². The van der Waals surface area contributed by atoms with Crippen molar-refractivity contribution in [2.45, 2.75) is 24.7 Å². The van der Waals surface area contributed by atoms with Gasteiger partial charge in [0.2, 0.25) is 0 Å². The molecule has 2 aromatic carbocycles. The number of ether oxygens (including phenoxy) is 2. The lowest BCUT2D eigenvalue weighted by atomic mass is 10.1. The molecule has 0 amide bonds. The van der Waals surface area contributed by atoms with Crippen LogP contribution >= 0.6 is 24.2 Å². The van der Waals surface area contributed by atoms with E-state index in [0.29, 0.717) is 13.2 Å². The normalized spacial score (nSPS) is 10.4. The first-order valence-electron chi connectivity index (χ1n) is 6.40. The highest BCUT2D eigenvalue weighted by Crippen LogP contribution is 2.18. The molecule has 0 N–H and O–H groups in total. The molecule has 110 valence electrons. The van der Waals surface area contributed by atoms with E-state index in [9.17, 15) is 4.79 Å². The van der Waals surface area contributed by atoms with E-state index in [1.54, 1.807) is 0 Å². The Kier molecular flexibility index (Phi) is 6.11. The van der Waals surface area contributed by atoms with Crippen molar-refractivity contribution in [3.8, 4) is 0 Å². The predicted octanol–water partition coefficient (Wildman–Crippen LogP) is 4.57. The summed E-state index contributed by atoms with van der Waals surface area (Å²) in [6, 6.07) is 15.5. The number of carbonyl (C=O) groups excluding carboxylic acids is 1. The molecule has 0 spiro atoms. The second-order valence-corrected chi connectivity index (χ2v) is 5.28. The van der Waals surface area contributed by atoms with E-state index in [1.807, 2.05) is 48.5 Å². The van der Waals surface area contributed by atoms with Crippen molar-refractivity contribution in [1.82, 2.24) is 0 Å². The van der Waals surface area contributed by atoms with Gasteiger partial charge in [0.25, 0.3) is 0 Å². The molecule has 0 aliphatic rings. The van der Waals surface area contributed by atoms with Gasteiger partial charge < -0.3 is 9.47 Å². The van der Waals surface area contributed by atoms with E-state index in [2.05, 4.69) is 12.6 Å². The standard InChI is InChI=1S/C16H15ClO3S/c17-16(18)20-11-13-6-7-15(21)8-14(13)10-19-9-12-4-2-1-3-5-12/h1-8,21H,9-11H2. The molecule has 0 bridgehead atoms. The van der Waals surface area contributed by atoms with Crippen LogP contribution in [0.3, 0.4) is 0 Å². The fraction of sp³-hybridized carbons (Fsp3) is 0.188. The SMILES string of the molecule is O=C(Cl)OCc1ccc(S)cc1COCc1ccccc1. The third kappa shape index (κ3) is 5.42. The monoisotopic (exact) mass is 322 g/mol. The van der Waals surface area contributed by atoms with Crippen molar-refractivity contribution in [3.63, 3.8) is 0 Å². The molecule has 0 atom stereocenters.